The van der Waals surface area contributed by atoms with Crippen molar-refractivity contribution in [1.82, 2.24) is 9.80 Å². The van der Waals surface area contributed by atoms with Crippen molar-refractivity contribution in [3.63, 3.8) is 0 Å². The molecule has 0 aliphatic carbocycles. The SMILES string of the molecule is CO[C@@H]1CC[C@H]2CCOc3ccc(C#N)cc3C(=O)N(C)C[C@H](C)C(=O)N(C)C[C@@H]1O2. The Bertz CT molecular complexity index is 852. The Morgan fingerprint density at radius 3 is 2.61 bits per heavy atom. The Balaban J connectivity index is 1.90. The van der Waals surface area contributed by atoms with Gasteiger partial charge in [0, 0.05) is 40.7 Å². The van der Waals surface area contributed by atoms with E-state index in [4.69, 9.17) is 14.2 Å². The molecule has 2 bridgehead atoms. The number of nitrogens with zero attached hydrogens (tertiary/aromatic N) is 3. The van der Waals surface area contributed by atoms with E-state index in [9.17, 15) is 14.9 Å². The molecule has 0 spiro atoms. The summed E-state index contributed by atoms with van der Waals surface area (Å²) in [4.78, 5) is 29.2. The van der Waals surface area contributed by atoms with Crippen molar-refractivity contribution < 1.29 is 23.8 Å². The molecule has 1 aromatic carbocycles. The van der Waals surface area contributed by atoms with Crippen LogP contribution in [-0.4, -0.2) is 80.8 Å². The van der Waals surface area contributed by atoms with Gasteiger partial charge in [-0.1, -0.05) is 6.92 Å². The molecule has 0 N–H and O–H groups in total. The Hall–Kier alpha value is -2.63. The largest absolute Gasteiger partial charge is 0.493 e. The topological polar surface area (TPSA) is 92.1 Å². The summed E-state index contributed by atoms with van der Waals surface area (Å²) in [7, 11) is 5.09. The first-order valence-corrected chi connectivity index (χ1v) is 10.7. The number of amides is 2. The van der Waals surface area contributed by atoms with Crippen LogP contribution in [0.25, 0.3) is 0 Å². The maximum atomic E-state index is 13.1. The van der Waals surface area contributed by atoms with E-state index < -0.39 is 5.92 Å². The smallest absolute Gasteiger partial charge is 0.257 e. The molecule has 8 heteroatoms. The zero-order chi connectivity index (χ0) is 22.5. The minimum atomic E-state index is -0.395. The predicted octanol–water partition coefficient (Wildman–Crippen LogP) is 2.07. The van der Waals surface area contributed by atoms with Crippen LogP contribution in [0.2, 0.25) is 0 Å². The van der Waals surface area contributed by atoms with Gasteiger partial charge >= 0.3 is 0 Å². The van der Waals surface area contributed by atoms with Crippen molar-refractivity contribution in [2.24, 2.45) is 5.92 Å². The molecule has 0 unspecified atom stereocenters. The lowest BCUT2D eigenvalue weighted by molar-refractivity contribution is -0.152. The molecule has 31 heavy (non-hydrogen) atoms. The summed E-state index contributed by atoms with van der Waals surface area (Å²) < 4.78 is 17.8. The highest BCUT2D eigenvalue weighted by Crippen LogP contribution is 2.27. The number of rotatable bonds is 1. The number of carbonyl (C=O) groups excluding carboxylic acids is 2. The molecule has 2 amide bonds. The number of likely N-dealkylation sites (N-methyl/N-ethyl adjacent to an activating group) is 1. The molecule has 4 atom stereocenters. The number of ether oxygens (including phenoxy) is 3. The molecular weight excluding hydrogens is 398 g/mol. The van der Waals surface area contributed by atoms with Gasteiger partial charge in [0.15, 0.2) is 0 Å². The summed E-state index contributed by atoms with van der Waals surface area (Å²) in [6.45, 7) is 2.88. The monoisotopic (exact) mass is 429 g/mol. The fourth-order valence-electron chi connectivity index (χ4n) is 4.29. The molecule has 0 saturated carbocycles. The van der Waals surface area contributed by atoms with Gasteiger partial charge in [-0.2, -0.15) is 5.26 Å². The van der Waals surface area contributed by atoms with E-state index >= 15 is 0 Å². The van der Waals surface area contributed by atoms with Crippen LogP contribution < -0.4 is 4.74 Å². The number of carbonyl (C=O) groups is 2. The molecule has 8 nitrogen and oxygen atoms in total. The Labute approximate surface area is 183 Å². The molecule has 1 fully saturated rings. The average molecular weight is 430 g/mol. The maximum absolute atomic E-state index is 13.1. The number of benzene rings is 1. The number of nitriles is 1. The van der Waals surface area contributed by atoms with E-state index in [2.05, 4.69) is 6.07 Å². The highest BCUT2D eigenvalue weighted by Gasteiger charge is 2.34. The van der Waals surface area contributed by atoms with Crippen LogP contribution in [0.15, 0.2) is 18.2 Å². The van der Waals surface area contributed by atoms with Crippen molar-refractivity contribution in [2.75, 3.05) is 40.9 Å². The lowest BCUT2D eigenvalue weighted by Crippen LogP contribution is -2.49. The van der Waals surface area contributed by atoms with Crippen molar-refractivity contribution in [3.8, 4) is 11.8 Å². The third-order valence-electron chi connectivity index (χ3n) is 6.04. The van der Waals surface area contributed by atoms with E-state index in [1.807, 2.05) is 6.92 Å². The fraction of sp³-hybridized carbons (Fsp3) is 0.609. The van der Waals surface area contributed by atoms with Gasteiger partial charge in [-0.15, -0.1) is 0 Å². The first-order valence-electron chi connectivity index (χ1n) is 10.7. The van der Waals surface area contributed by atoms with Crippen molar-refractivity contribution in [1.29, 1.82) is 5.26 Å². The number of methoxy groups -OCH3 is 1. The normalized spacial score (nSPS) is 28.1. The summed E-state index contributed by atoms with van der Waals surface area (Å²) in [5.41, 5.74) is 0.709. The van der Waals surface area contributed by atoms with E-state index in [1.165, 1.54) is 4.90 Å². The highest BCUT2D eigenvalue weighted by atomic mass is 16.5. The third kappa shape index (κ3) is 5.35. The molecule has 1 aromatic rings. The van der Waals surface area contributed by atoms with Crippen molar-refractivity contribution >= 4 is 11.8 Å². The van der Waals surface area contributed by atoms with Crippen molar-refractivity contribution in [2.45, 2.75) is 44.5 Å². The molecular formula is C23H31N3O5. The summed E-state index contributed by atoms with van der Waals surface area (Å²) in [6, 6.07) is 6.90. The van der Waals surface area contributed by atoms with Crippen LogP contribution in [0, 0.1) is 17.2 Å². The van der Waals surface area contributed by atoms with Crippen LogP contribution in [0.3, 0.4) is 0 Å². The maximum Gasteiger partial charge on any atom is 0.257 e. The van der Waals surface area contributed by atoms with Crippen LogP contribution >= 0.6 is 0 Å². The van der Waals surface area contributed by atoms with Crippen LogP contribution in [0.4, 0.5) is 0 Å². The van der Waals surface area contributed by atoms with Gasteiger partial charge in [0.1, 0.15) is 11.9 Å². The molecule has 0 aromatic heterocycles. The summed E-state index contributed by atoms with van der Waals surface area (Å²) in [5, 5.41) is 9.25. The number of hydrogen-bond acceptors (Lipinski definition) is 6. The van der Waals surface area contributed by atoms with E-state index in [-0.39, 0.29) is 36.7 Å². The molecule has 2 aliphatic heterocycles. The standard InChI is InChI=1S/C23H31N3O5/c1-15-13-25(2)23(28)18-11-16(12-24)5-7-19(18)30-10-9-17-6-8-20(29-4)21(31-17)14-26(3)22(15)27/h5,7,11,15,17,20-21H,6,8-10,13-14H2,1-4H3/t15-,17-,20+,21-/m0/s1. The number of hydrogen-bond donors (Lipinski definition) is 0. The first kappa shape index (κ1) is 23.0. The van der Waals surface area contributed by atoms with Gasteiger partial charge in [-0.25, -0.2) is 0 Å². The lowest BCUT2D eigenvalue weighted by Gasteiger charge is -2.38. The minimum Gasteiger partial charge on any atom is -0.493 e. The van der Waals surface area contributed by atoms with E-state index in [0.29, 0.717) is 36.4 Å². The van der Waals surface area contributed by atoms with Gasteiger partial charge in [0.25, 0.3) is 5.91 Å². The quantitative estimate of drug-likeness (QED) is 0.679. The highest BCUT2D eigenvalue weighted by molar-refractivity contribution is 5.97. The van der Waals surface area contributed by atoms with Gasteiger partial charge in [-0.3, -0.25) is 9.59 Å². The van der Waals surface area contributed by atoms with Gasteiger partial charge in [-0.05, 0) is 31.0 Å². The second-order valence-corrected chi connectivity index (χ2v) is 8.41. The number of fused-ring (bicyclic) bond motifs is 3. The Morgan fingerprint density at radius 2 is 1.90 bits per heavy atom. The molecule has 168 valence electrons. The lowest BCUT2D eigenvalue weighted by atomic mass is 9.98. The molecule has 2 heterocycles. The van der Waals surface area contributed by atoms with Gasteiger partial charge in [0.2, 0.25) is 5.91 Å². The molecule has 2 aliphatic rings. The van der Waals surface area contributed by atoms with E-state index in [0.717, 1.165) is 12.8 Å². The minimum absolute atomic E-state index is 0.0114. The van der Waals surface area contributed by atoms with E-state index in [1.54, 1.807) is 44.3 Å². The summed E-state index contributed by atoms with van der Waals surface area (Å²) >= 11 is 0. The molecule has 0 radical (unpaired) electrons. The zero-order valence-corrected chi connectivity index (χ0v) is 18.7. The fourth-order valence-corrected chi connectivity index (χ4v) is 4.29. The van der Waals surface area contributed by atoms with Gasteiger partial charge in [0.05, 0.1) is 41.9 Å². The first-order chi connectivity index (χ1) is 14.8. The molecule has 3 rings (SSSR count). The summed E-state index contributed by atoms with van der Waals surface area (Å²) in [5.74, 6) is -0.298. The Kier molecular flexibility index (Phi) is 7.52. The summed E-state index contributed by atoms with van der Waals surface area (Å²) in [6.07, 6.45) is 2.07. The average Bonchev–Trinajstić information content (AvgIpc) is 2.77. The predicted molar refractivity (Wildman–Crippen MR) is 114 cm³/mol. The van der Waals surface area contributed by atoms with Crippen LogP contribution in [0.5, 0.6) is 5.75 Å². The second-order valence-electron chi connectivity index (χ2n) is 8.41. The van der Waals surface area contributed by atoms with Crippen molar-refractivity contribution in [3.05, 3.63) is 29.3 Å². The zero-order valence-electron chi connectivity index (χ0n) is 18.7. The van der Waals surface area contributed by atoms with Gasteiger partial charge < -0.3 is 24.0 Å². The van der Waals surface area contributed by atoms with Crippen LogP contribution in [-0.2, 0) is 14.3 Å². The second kappa shape index (κ2) is 10.1. The molecule has 1 saturated heterocycles. The third-order valence-corrected chi connectivity index (χ3v) is 6.04. The van der Waals surface area contributed by atoms with Crippen LogP contribution in [0.1, 0.15) is 42.1 Å². The Morgan fingerprint density at radius 1 is 1.13 bits per heavy atom.